The minimum absolute atomic E-state index is 0.447. The van der Waals surface area contributed by atoms with Crippen LogP contribution in [0.5, 0.6) is 11.5 Å². The maximum atomic E-state index is 5.63. The highest BCUT2D eigenvalue weighted by molar-refractivity contribution is 9.10. The molecule has 0 atom stereocenters. The molecule has 3 heteroatoms. The topological polar surface area (TPSA) is 18.5 Å². The van der Waals surface area contributed by atoms with Gasteiger partial charge in [0, 0.05) is 10.0 Å². The lowest BCUT2D eigenvalue weighted by Crippen LogP contribution is -2.16. The first-order chi connectivity index (χ1) is 6.68. The fourth-order valence-electron chi connectivity index (χ4n) is 1.57. The molecule has 0 spiro atoms. The molecular weight excluding hydrogens is 244 g/mol. The van der Waals surface area contributed by atoms with E-state index in [0.717, 1.165) is 16.0 Å². The Labute approximate surface area is 92.3 Å². The van der Waals surface area contributed by atoms with Crippen molar-refractivity contribution < 1.29 is 9.47 Å². The third-order valence-electron chi connectivity index (χ3n) is 2.26. The normalized spacial score (nSPS) is 14.6. The summed E-state index contributed by atoms with van der Waals surface area (Å²) in [7, 11) is 0. The van der Waals surface area contributed by atoms with Gasteiger partial charge in [-0.3, -0.25) is 0 Å². The summed E-state index contributed by atoms with van der Waals surface area (Å²) in [4.78, 5) is 0. The first-order valence-corrected chi connectivity index (χ1v) is 5.57. The molecule has 0 saturated carbocycles. The molecule has 14 heavy (non-hydrogen) atoms. The fourth-order valence-corrected chi connectivity index (χ4v) is 2.03. The zero-order valence-corrected chi connectivity index (χ0v) is 9.93. The molecule has 1 aromatic rings. The molecule has 0 bridgehead atoms. The number of rotatable bonds is 1. The molecule has 1 aromatic carbocycles. The van der Waals surface area contributed by atoms with Gasteiger partial charge in [-0.25, -0.2) is 0 Å². The number of benzene rings is 1. The predicted octanol–water partition coefficient (Wildman–Crippen LogP) is 3.34. The van der Waals surface area contributed by atoms with E-state index in [-0.39, 0.29) is 0 Å². The minimum Gasteiger partial charge on any atom is -0.486 e. The highest BCUT2D eigenvalue weighted by atomic mass is 79.9. The van der Waals surface area contributed by atoms with Gasteiger partial charge in [-0.2, -0.15) is 0 Å². The van der Waals surface area contributed by atoms with Crippen molar-refractivity contribution in [2.75, 3.05) is 13.2 Å². The first-order valence-electron chi connectivity index (χ1n) is 4.77. The summed E-state index contributed by atoms with van der Waals surface area (Å²) in [6, 6.07) is 4.05. The Kier molecular flexibility index (Phi) is 2.68. The number of fused-ring (bicyclic) bond motifs is 1. The molecule has 0 amide bonds. The SMILES string of the molecule is CC(C)c1cc(Br)cc2c1OCCO2. The molecule has 0 aliphatic carbocycles. The molecule has 2 nitrogen and oxygen atoms in total. The number of hydrogen-bond donors (Lipinski definition) is 0. The van der Waals surface area contributed by atoms with E-state index < -0.39 is 0 Å². The van der Waals surface area contributed by atoms with E-state index in [2.05, 4.69) is 35.8 Å². The largest absolute Gasteiger partial charge is 0.486 e. The zero-order valence-electron chi connectivity index (χ0n) is 8.34. The summed E-state index contributed by atoms with van der Waals surface area (Å²) in [5.41, 5.74) is 1.20. The van der Waals surface area contributed by atoms with Gasteiger partial charge < -0.3 is 9.47 Å². The molecule has 0 fully saturated rings. The molecular formula is C11H13BrO2. The average Bonchev–Trinajstić information content (AvgIpc) is 2.16. The Morgan fingerprint density at radius 1 is 1.21 bits per heavy atom. The van der Waals surface area contributed by atoms with Gasteiger partial charge in [-0.15, -0.1) is 0 Å². The van der Waals surface area contributed by atoms with E-state index in [0.29, 0.717) is 19.1 Å². The molecule has 0 aromatic heterocycles. The van der Waals surface area contributed by atoms with Crippen LogP contribution in [-0.2, 0) is 0 Å². The third-order valence-corrected chi connectivity index (χ3v) is 2.72. The maximum absolute atomic E-state index is 5.63. The molecule has 1 heterocycles. The van der Waals surface area contributed by atoms with Crippen LogP contribution in [0.2, 0.25) is 0 Å². The van der Waals surface area contributed by atoms with Gasteiger partial charge in [0.05, 0.1) is 0 Å². The monoisotopic (exact) mass is 256 g/mol. The minimum atomic E-state index is 0.447. The van der Waals surface area contributed by atoms with Gasteiger partial charge in [-0.1, -0.05) is 29.8 Å². The number of ether oxygens (including phenoxy) is 2. The van der Waals surface area contributed by atoms with Crippen molar-refractivity contribution in [3.8, 4) is 11.5 Å². The van der Waals surface area contributed by atoms with Gasteiger partial charge in [-0.05, 0) is 18.1 Å². The predicted molar refractivity (Wildman–Crippen MR) is 59.2 cm³/mol. The summed E-state index contributed by atoms with van der Waals surface area (Å²) in [6.07, 6.45) is 0. The summed E-state index contributed by atoms with van der Waals surface area (Å²) < 4.78 is 12.2. The molecule has 0 unspecified atom stereocenters. The maximum Gasteiger partial charge on any atom is 0.164 e. The van der Waals surface area contributed by atoms with Crippen LogP contribution in [0.1, 0.15) is 25.3 Å². The highest BCUT2D eigenvalue weighted by Crippen LogP contribution is 2.40. The molecule has 1 aliphatic heterocycles. The molecule has 0 radical (unpaired) electrons. The van der Waals surface area contributed by atoms with Crippen LogP contribution in [0.15, 0.2) is 16.6 Å². The van der Waals surface area contributed by atoms with E-state index in [1.807, 2.05) is 6.07 Å². The fraction of sp³-hybridized carbons (Fsp3) is 0.455. The summed E-state index contributed by atoms with van der Waals surface area (Å²) in [5.74, 6) is 2.21. The zero-order chi connectivity index (χ0) is 10.1. The van der Waals surface area contributed by atoms with Gasteiger partial charge >= 0.3 is 0 Å². The van der Waals surface area contributed by atoms with Crippen LogP contribution in [0.4, 0.5) is 0 Å². The van der Waals surface area contributed by atoms with Gasteiger partial charge in [0.25, 0.3) is 0 Å². The highest BCUT2D eigenvalue weighted by Gasteiger charge is 2.18. The third kappa shape index (κ3) is 1.73. The smallest absolute Gasteiger partial charge is 0.164 e. The number of halogens is 1. The molecule has 1 aliphatic rings. The van der Waals surface area contributed by atoms with Crippen molar-refractivity contribution in [3.63, 3.8) is 0 Å². The standard InChI is InChI=1S/C11H13BrO2/c1-7(2)9-5-8(12)6-10-11(9)14-4-3-13-10/h5-7H,3-4H2,1-2H3. The van der Waals surface area contributed by atoms with Crippen LogP contribution in [0.3, 0.4) is 0 Å². The molecule has 0 N–H and O–H groups in total. The van der Waals surface area contributed by atoms with Crippen molar-refractivity contribution in [2.45, 2.75) is 19.8 Å². The second-order valence-corrected chi connectivity index (χ2v) is 4.59. The lowest BCUT2D eigenvalue weighted by Gasteiger charge is -2.22. The lowest BCUT2D eigenvalue weighted by atomic mass is 10.0. The van der Waals surface area contributed by atoms with Crippen molar-refractivity contribution in [3.05, 3.63) is 22.2 Å². The van der Waals surface area contributed by atoms with Crippen molar-refractivity contribution in [2.24, 2.45) is 0 Å². The van der Waals surface area contributed by atoms with E-state index >= 15 is 0 Å². The lowest BCUT2D eigenvalue weighted by molar-refractivity contribution is 0.169. The van der Waals surface area contributed by atoms with E-state index in [1.165, 1.54) is 5.56 Å². The Bertz CT molecular complexity index is 347. The van der Waals surface area contributed by atoms with Crippen molar-refractivity contribution in [1.29, 1.82) is 0 Å². The van der Waals surface area contributed by atoms with E-state index in [9.17, 15) is 0 Å². The van der Waals surface area contributed by atoms with Crippen LogP contribution in [0, 0.1) is 0 Å². The Balaban J connectivity index is 2.52. The van der Waals surface area contributed by atoms with Gasteiger partial charge in [0.1, 0.15) is 13.2 Å². The van der Waals surface area contributed by atoms with Crippen LogP contribution < -0.4 is 9.47 Å². The van der Waals surface area contributed by atoms with Gasteiger partial charge in [0.2, 0.25) is 0 Å². The summed E-state index contributed by atoms with van der Waals surface area (Å²) >= 11 is 3.47. The summed E-state index contributed by atoms with van der Waals surface area (Å²) in [5, 5.41) is 0. The Morgan fingerprint density at radius 2 is 1.93 bits per heavy atom. The second-order valence-electron chi connectivity index (χ2n) is 3.67. The molecule has 2 rings (SSSR count). The first kappa shape index (κ1) is 9.84. The van der Waals surface area contributed by atoms with Crippen LogP contribution in [-0.4, -0.2) is 13.2 Å². The second kappa shape index (κ2) is 3.81. The van der Waals surface area contributed by atoms with E-state index in [1.54, 1.807) is 0 Å². The van der Waals surface area contributed by atoms with E-state index in [4.69, 9.17) is 9.47 Å². The molecule has 0 saturated heterocycles. The van der Waals surface area contributed by atoms with Crippen molar-refractivity contribution >= 4 is 15.9 Å². The van der Waals surface area contributed by atoms with Crippen LogP contribution in [0.25, 0.3) is 0 Å². The molecule has 76 valence electrons. The Morgan fingerprint density at radius 3 is 2.64 bits per heavy atom. The average molecular weight is 257 g/mol. The van der Waals surface area contributed by atoms with Crippen molar-refractivity contribution in [1.82, 2.24) is 0 Å². The number of hydrogen-bond acceptors (Lipinski definition) is 2. The quantitative estimate of drug-likeness (QED) is 0.768. The van der Waals surface area contributed by atoms with Gasteiger partial charge in [0.15, 0.2) is 11.5 Å². The Hall–Kier alpha value is -0.700. The van der Waals surface area contributed by atoms with Crippen LogP contribution >= 0.6 is 15.9 Å². The summed E-state index contributed by atoms with van der Waals surface area (Å²) in [6.45, 7) is 5.59.